The molecule has 2 heterocycles. The van der Waals surface area contributed by atoms with E-state index in [1.807, 2.05) is 19.1 Å². The Labute approximate surface area is 188 Å². The third-order valence-corrected chi connectivity index (χ3v) is 4.71. The number of hydrogen-bond donors (Lipinski definition) is 5. The minimum Gasteiger partial charge on any atom is -0.457 e. The molecule has 0 spiro atoms. The van der Waals surface area contributed by atoms with Crippen LogP contribution in [0, 0.1) is 12.7 Å². The van der Waals surface area contributed by atoms with Gasteiger partial charge in [-0.1, -0.05) is 12.1 Å². The first-order chi connectivity index (χ1) is 15.9. The van der Waals surface area contributed by atoms with Crippen molar-refractivity contribution in [2.75, 3.05) is 10.6 Å². The van der Waals surface area contributed by atoms with E-state index in [1.54, 1.807) is 30.3 Å². The van der Waals surface area contributed by atoms with Crippen LogP contribution in [-0.2, 0) is 0 Å². The molecular weight excluding hydrogens is 427 g/mol. The van der Waals surface area contributed by atoms with Gasteiger partial charge < -0.3 is 30.6 Å². The van der Waals surface area contributed by atoms with Crippen molar-refractivity contribution in [3.8, 4) is 22.9 Å². The van der Waals surface area contributed by atoms with Crippen LogP contribution in [0.2, 0.25) is 0 Å². The van der Waals surface area contributed by atoms with Crippen LogP contribution in [0.3, 0.4) is 0 Å². The number of carbonyl (C=O) groups is 1. The number of anilines is 2. The second kappa shape index (κ2) is 9.51. The molecule has 0 aliphatic rings. The number of H-pyrrole nitrogens is 1. The highest BCUT2D eigenvalue weighted by molar-refractivity contribution is 5.99. The Morgan fingerprint density at radius 3 is 2.61 bits per heavy atom. The Morgan fingerprint density at radius 2 is 1.88 bits per heavy atom. The Kier molecular flexibility index (Phi) is 6.34. The summed E-state index contributed by atoms with van der Waals surface area (Å²) in [6.07, 6.45) is 1.39. The number of hydrogen-bond acceptors (Lipinski definition) is 5. The summed E-state index contributed by atoms with van der Waals surface area (Å²) >= 11 is 0. The van der Waals surface area contributed by atoms with Gasteiger partial charge in [0.1, 0.15) is 17.3 Å². The molecule has 0 aliphatic carbocycles. The van der Waals surface area contributed by atoms with Gasteiger partial charge in [0.05, 0.1) is 17.1 Å². The molecule has 0 unspecified atom stereocenters. The lowest BCUT2D eigenvalue weighted by Gasteiger charge is -2.11. The molecular formula is C24H21FN4O4. The number of aromatic amines is 1. The Balaban J connectivity index is 1.43. The molecule has 168 valence electrons. The molecule has 0 atom stereocenters. The van der Waals surface area contributed by atoms with Crippen LogP contribution in [0.15, 0.2) is 73.1 Å². The molecule has 2 aromatic heterocycles. The fourth-order valence-electron chi connectivity index (χ4n) is 3.13. The Bertz CT molecular complexity index is 1290. The largest absolute Gasteiger partial charge is 0.457 e. The van der Waals surface area contributed by atoms with E-state index in [4.69, 9.17) is 4.74 Å². The van der Waals surface area contributed by atoms with E-state index in [2.05, 4.69) is 20.6 Å². The monoisotopic (exact) mass is 448 g/mol. The standard InChI is InChI=1S/C24H21FN4O4/c1-14-3-2-4-16(9-14)28-24(32)29-20-6-5-17(11-19(20)25)33-18-7-8-26-22(12-18)21-10-15(13-27-21)23(30)31/h2-13,23,27,30-31H,1H3,(H2,28,29,32). The number of benzene rings is 2. The molecule has 2 amide bonds. The molecule has 0 saturated heterocycles. The maximum atomic E-state index is 14.6. The Hall–Kier alpha value is -4.21. The Morgan fingerprint density at radius 1 is 1.06 bits per heavy atom. The van der Waals surface area contributed by atoms with Crippen molar-refractivity contribution in [1.29, 1.82) is 0 Å². The lowest BCUT2D eigenvalue weighted by atomic mass is 10.2. The quantitative estimate of drug-likeness (QED) is 0.268. The number of halogens is 1. The molecule has 4 rings (SSSR count). The average Bonchev–Trinajstić information content (AvgIpc) is 3.27. The van der Waals surface area contributed by atoms with Gasteiger partial charge in [-0.25, -0.2) is 9.18 Å². The highest BCUT2D eigenvalue weighted by Crippen LogP contribution is 2.28. The first-order valence-corrected chi connectivity index (χ1v) is 10.0. The molecule has 5 N–H and O–H groups in total. The number of aliphatic hydroxyl groups is 2. The van der Waals surface area contributed by atoms with E-state index in [0.717, 1.165) is 11.6 Å². The molecule has 2 aromatic carbocycles. The van der Waals surface area contributed by atoms with E-state index >= 15 is 0 Å². The summed E-state index contributed by atoms with van der Waals surface area (Å²) in [6.45, 7) is 1.90. The summed E-state index contributed by atoms with van der Waals surface area (Å²) < 4.78 is 20.3. The number of amides is 2. The van der Waals surface area contributed by atoms with E-state index in [0.29, 0.717) is 28.4 Å². The van der Waals surface area contributed by atoms with Crippen molar-refractivity contribution in [2.24, 2.45) is 0 Å². The van der Waals surface area contributed by atoms with Gasteiger partial charge in [0, 0.05) is 35.8 Å². The van der Waals surface area contributed by atoms with E-state index in [-0.39, 0.29) is 11.4 Å². The highest BCUT2D eigenvalue weighted by Gasteiger charge is 2.11. The maximum Gasteiger partial charge on any atom is 0.323 e. The number of aromatic nitrogens is 2. The van der Waals surface area contributed by atoms with Crippen molar-refractivity contribution in [1.82, 2.24) is 9.97 Å². The number of carbonyl (C=O) groups excluding carboxylic acids is 1. The molecule has 0 aliphatic heterocycles. The fraction of sp³-hybridized carbons (Fsp3) is 0.0833. The predicted octanol–water partition coefficient (Wildman–Crippen LogP) is 4.94. The molecule has 0 bridgehead atoms. The SMILES string of the molecule is Cc1cccc(NC(=O)Nc2ccc(Oc3ccnc(-c4cc(C(O)O)c[nH]4)c3)cc2F)c1. The van der Waals surface area contributed by atoms with Crippen molar-refractivity contribution < 1.29 is 24.1 Å². The molecule has 0 fully saturated rings. The predicted molar refractivity (Wildman–Crippen MR) is 121 cm³/mol. The second-order valence-electron chi connectivity index (χ2n) is 7.29. The number of aliphatic hydroxyl groups excluding tert-OH is 1. The van der Waals surface area contributed by atoms with Crippen LogP contribution in [0.1, 0.15) is 17.4 Å². The van der Waals surface area contributed by atoms with Gasteiger partial charge in [-0.2, -0.15) is 0 Å². The minimum atomic E-state index is -1.59. The van der Waals surface area contributed by atoms with Gasteiger partial charge in [0.2, 0.25) is 0 Å². The lowest BCUT2D eigenvalue weighted by Crippen LogP contribution is -2.20. The number of aryl methyl sites for hydroxylation is 1. The summed E-state index contributed by atoms with van der Waals surface area (Å²) in [6, 6.07) is 15.6. The van der Waals surface area contributed by atoms with Gasteiger partial charge in [0.15, 0.2) is 6.29 Å². The van der Waals surface area contributed by atoms with E-state index in [1.165, 1.54) is 24.5 Å². The molecule has 8 nitrogen and oxygen atoms in total. The zero-order chi connectivity index (χ0) is 23.4. The van der Waals surface area contributed by atoms with Crippen molar-refractivity contribution in [3.63, 3.8) is 0 Å². The topological polar surface area (TPSA) is 120 Å². The van der Waals surface area contributed by atoms with Crippen LogP contribution in [-0.4, -0.2) is 26.2 Å². The summed E-state index contributed by atoms with van der Waals surface area (Å²) in [4.78, 5) is 19.3. The van der Waals surface area contributed by atoms with Gasteiger partial charge in [-0.05, 0) is 48.9 Å². The third kappa shape index (κ3) is 5.53. The van der Waals surface area contributed by atoms with Gasteiger partial charge in [-0.3, -0.25) is 4.98 Å². The van der Waals surface area contributed by atoms with E-state index < -0.39 is 18.1 Å². The van der Waals surface area contributed by atoms with Gasteiger partial charge in [0.25, 0.3) is 0 Å². The van der Waals surface area contributed by atoms with Gasteiger partial charge in [-0.15, -0.1) is 0 Å². The normalized spacial score (nSPS) is 10.8. The first-order valence-electron chi connectivity index (χ1n) is 10.0. The summed E-state index contributed by atoms with van der Waals surface area (Å²) in [7, 11) is 0. The van der Waals surface area contributed by atoms with E-state index in [9.17, 15) is 19.4 Å². The van der Waals surface area contributed by atoms with Crippen LogP contribution >= 0.6 is 0 Å². The smallest absolute Gasteiger partial charge is 0.323 e. The molecule has 4 aromatic rings. The van der Waals surface area contributed by atoms with Crippen LogP contribution in [0.5, 0.6) is 11.5 Å². The second-order valence-corrected chi connectivity index (χ2v) is 7.29. The average molecular weight is 448 g/mol. The van der Waals surface area contributed by atoms with Gasteiger partial charge >= 0.3 is 6.03 Å². The van der Waals surface area contributed by atoms with Crippen LogP contribution < -0.4 is 15.4 Å². The molecule has 33 heavy (non-hydrogen) atoms. The molecule has 9 heteroatoms. The maximum absolute atomic E-state index is 14.6. The van der Waals surface area contributed by atoms with Crippen LogP contribution in [0.25, 0.3) is 11.4 Å². The highest BCUT2D eigenvalue weighted by atomic mass is 19.1. The zero-order valence-corrected chi connectivity index (χ0v) is 17.5. The summed E-state index contributed by atoms with van der Waals surface area (Å²) in [5.41, 5.74) is 2.96. The number of urea groups is 1. The zero-order valence-electron chi connectivity index (χ0n) is 17.5. The fourth-order valence-corrected chi connectivity index (χ4v) is 3.13. The first kappa shape index (κ1) is 22.0. The number of nitrogens with zero attached hydrogens (tertiary/aromatic N) is 1. The number of nitrogens with one attached hydrogen (secondary N) is 3. The van der Waals surface area contributed by atoms with Crippen molar-refractivity contribution in [3.05, 3.63) is 90.0 Å². The minimum absolute atomic E-state index is 0.00407. The number of pyridine rings is 1. The third-order valence-electron chi connectivity index (χ3n) is 4.71. The summed E-state index contributed by atoms with van der Waals surface area (Å²) in [5, 5.41) is 23.6. The lowest BCUT2D eigenvalue weighted by molar-refractivity contribution is -0.0423. The van der Waals surface area contributed by atoms with Crippen molar-refractivity contribution in [2.45, 2.75) is 13.2 Å². The number of ether oxygens (including phenoxy) is 1. The van der Waals surface area contributed by atoms with Crippen molar-refractivity contribution >= 4 is 17.4 Å². The van der Waals surface area contributed by atoms with Crippen LogP contribution in [0.4, 0.5) is 20.6 Å². The summed E-state index contributed by atoms with van der Waals surface area (Å²) in [5.74, 6) is -0.0302. The molecule has 0 radical (unpaired) electrons. The molecule has 0 saturated carbocycles. The number of rotatable bonds is 6.